The number of phenols is 1. The summed E-state index contributed by atoms with van der Waals surface area (Å²) in [4.78, 5) is 13.5. The first-order valence-corrected chi connectivity index (χ1v) is 3.83. The van der Waals surface area contributed by atoms with Crippen LogP contribution in [-0.2, 0) is 0 Å². The highest BCUT2D eigenvalue weighted by Gasteiger charge is 2.06. The zero-order valence-electron chi connectivity index (χ0n) is 5.91. The van der Waals surface area contributed by atoms with E-state index in [9.17, 15) is 9.90 Å². The van der Waals surface area contributed by atoms with E-state index < -0.39 is 0 Å². The molecule has 0 saturated heterocycles. The predicted molar refractivity (Wildman–Crippen MR) is 47.5 cm³/mol. The van der Waals surface area contributed by atoms with E-state index >= 15 is 0 Å². The molecule has 0 saturated carbocycles. The second kappa shape index (κ2) is 3.37. The molecular weight excluding hydrogens is 222 g/mol. The molecule has 1 aromatic carbocycles. The first kappa shape index (κ1) is 8.75. The van der Waals surface area contributed by atoms with Crippen LogP contribution in [0.15, 0.2) is 16.6 Å². The van der Waals surface area contributed by atoms with Crippen molar-refractivity contribution in [1.82, 2.24) is 0 Å². The maximum atomic E-state index is 10.4. The quantitative estimate of drug-likeness (QED) is 0.590. The molecule has 1 N–H and O–H groups in total. The number of carbonyl (C=O) groups excluding carboxylic acids is 1. The molecule has 0 aliphatic carbocycles. The van der Waals surface area contributed by atoms with E-state index in [0.717, 1.165) is 0 Å². The molecule has 0 fully saturated rings. The zero-order chi connectivity index (χ0) is 9.14. The third-order valence-electron chi connectivity index (χ3n) is 1.33. The number of benzene rings is 1. The largest absolute Gasteiger partial charge is 0.506 e. The van der Waals surface area contributed by atoms with Crippen molar-refractivity contribution in [3.05, 3.63) is 33.6 Å². The molecule has 1 rings (SSSR count). The van der Waals surface area contributed by atoms with Crippen molar-refractivity contribution >= 4 is 27.9 Å². The molecule has 0 aliphatic heterocycles. The minimum Gasteiger partial charge on any atom is -0.506 e. The van der Waals surface area contributed by atoms with Crippen LogP contribution in [0.2, 0.25) is 0 Å². The van der Waals surface area contributed by atoms with Gasteiger partial charge in [-0.15, -0.1) is 0 Å². The molecule has 1 aromatic rings. The molecule has 0 spiro atoms. The molecule has 3 nitrogen and oxygen atoms in total. The number of hydrogen-bond acceptors (Lipinski definition) is 2. The molecule has 0 aliphatic rings. The number of halogens is 1. The van der Waals surface area contributed by atoms with Crippen LogP contribution in [0.3, 0.4) is 0 Å². The molecule has 0 heterocycles. The van der Waals surface area contributed by atoms with E-state index in [-0.39, 0.29) is 11.3 Å². The highest BCUT2D eigenvalue weighted by atomic mass is 79.9. The van der Waals surface area contributed by atoms with E-state index in [1.165, 1.54) is 12.1 Å². The van der Waals surface area contributed by atoms with Gasteiger partial charge in [-0.2, -0.15) is 0 Å². The Kier molecular flexibility index (Phi) is 2.46. The number of rotatable bonds is 1. The van der Waals surface area contributed by atoms with Crippen LogP contribution in [0.25, 0.3) is 4.85 Å². The molecule has 0 amide bonds. The van der Waals surface area contributed by atoms with Crippen LogP contribution in [0.4, 0.5) is 5.69 Å². The summed E-state index contributed by atoms with van der Waals surface area (Å²) in [7, 11) is 0. The van der Waals surface area contributed by atoms with E-state index in [1.54, 1.807) is 0 Å². The Morgan fingerprint density at radius 3 is 2.75 bits per heavy atom. The van der Waals surface area contributed by atoms with Crippen LogP contribution in [0.5, 0.6) is 5.75 Å². The van der Waals surface area contributed by atoms with Crippen molar-refractivity contribution in [2.75, 3.05) is 0 Å². The van der Waals surface area contributed by atoms with E-state index in [2.05, 4.69) is 20.8 Å². The van der Waals surface area contributed by atoms with Gasteiger partial charge in [-0.05, 0) is 28.1 Å². The summed E-state index contributed by atoms with van der Waals surface area (Å²) >= 11 is 3.03. The van der Waals surface area contributed by atoms with Crippen LogP contribution in [0.1, 0.15) is 10.4 Å². The fourth-order valence-electron chi connectivity index (χ4n) is 0.760. The molecular formula is C8H4BrNO2. The van der Waals surface area contributed by atoms with Crippen LogP contribution in [-0.4, -0.2) is 11.4 Å². The van der Waals surface area contributed by atoms with Crippen molar-refractivity contribution in [3.63, 3.8) is 0 Å². The maximum absolute atomic E-state index is 10.4. The lowest BCUT2D eigenvalue weighted by molar-refractivity contribution is 0.112. The standard InChI is InChI=1S/C8H4BrNO2/c1-10-6-2-5(4-11)8(12)7(9)3-6/h2-4,12H. The van der Waals surface area contributed by atoms with Crippen molar-refractivity contribution < 1.29 is 9.90 Å². The normalized spacial score (nSPS) is 9.00. The third-order valence-corrected chi connectivity index (χ3v) is 1.94. The van der Waals surface area contributed by atoms with Crippen LogP contribution in [0, 0.1) is 6.57 Å². The number of nitrogens with zero attached hydrogens (tertiary/aromatic N) is 1. The number of carbonyl (C=O) groups is 1. The summed E-state index contributed by atoms with van der Waals surface area (Å²) in [5.74, 6) is -0.127. The van der Waals surface area contributed by atoms with E-state index in [4.69, 9.17) is 6.57 Å². The van der Waals surface area contributed by atoms with Crippen LogP contribution >= 0.6 is 15.9 Å². The highest BCUT2D eigenvalue weighted by Crippen LogP contribution is 2.31. The van der Waals surface area contributed by atoms with Gasteiger partial charge in [0.25, 0.3) is 0 Å². The fourth-order valence-corrected chi connectivity index (χ4v) is 1.22. The van der Waals surface area contributed by atoms with E-state index in [0.29, 0.717) is 16.4 Å². The molecule has 0 atom stereocenters. The number of phenolic OH excluding ortho intramolecular Hbond substituents is 1. The Bertz CT molecular complexity index is 368. The van der Waals surface area contributed by atoms with Crippen molar-refractivity contribution in [1.29, 1.82) is 0 Å². The Labute approximate surface area is 77.6 Å². The van der Waals surface area contributed by atoms with Crippen molar-refractivity contribution in [2.45, 2.75) is 0 Å². The summed E-state index contributed by atoms with van der Waals surface area (Å²) in [5.41, 5.74) is 0.442. The van der Waals surface area contributed by atoms with Gasteiger partial charge >= 0.3 is 0 Å². The predicted octanol–water partition coefficient (Wildman–Crippen LogP) is 2.52. The average Bonchev–Trinajstić information content (AvgIpc) is 2.09. The summed E-state index contributed by atoms with van der Waals surface area (Å²) < 4.78 is 0.359. The van der Waals surface area contributed by atoms with Gasteiger partial charge in [0.05, 0.1) is 6.57 Å². The van der Waals surface area contributed by atoms with Crippen LogP contribution < -0.4 is 0 Å². The summed E-state index contributed by atoms with van der Waals surface area (Å²) in [6.45, 7) is 6.69. The number of hydrogen-bond donors (Lipinski definition) is 1. The smallest absolute Gasteiger partial charge is 0.189 e. The van der Waals surface area contributed by atoms with E-state index in [1.807, 2.05) is 0 Å². The summed E-state index contributed by atoms with van der Waals surface area (Å²) in [6, 6.07) is 2.79. The third kappa shape index (κ3) is 1.46. The van der Waals surface area contributed by atoms with Gasteiger partial charge in [0.2, 0.25) is 0 Å². The molecule has 0 aromatic heterocycles. The van der Waals surface area contributed by atoms with Gasteiger partial charge in [-0.1, -0.05) is 0 Å². The first-order chi connectivity index (χ1) is 5.69. The zero-order valence-corrected chi connectivity index (χ0v) is 7.50. The van der Waals surface area contributed by atoms with Gasteiger partial charge in [0, 0.05) is 10.0 Å². The van der Waals surface area contributed by atoms with Gasteiger partial charge in [-0.3, -0.25) is 4.79 Å². The summed E-state index contributed by atoms with van der Waals surface area (Å²) in [5, 5.41) is 9.24. The monoisotopic (exact) mass is 225 g/mol. The average molecular weight is 226 g/mol. The second-order valence-electron chi connectivity index (χ2n) is 2.10. The lowest BCUT2D eigenvalue weighted by Crippen LogP contribution is -1.81. The Morgan fingerprint density at radius 1 is 1.58 bits per heavy atom. The molecule has 0 unspecified atom stereocenters. The van der Waals surface area contributed by atoms with Gasteiger partial charge in [0.15, 0.2) is 12.0 Å². The topological polar surface area (TPSA) is 41.7 Å². The fraction of sp³-hybridized carbons (Fsp3) is 0. The van der Waals surface area contributed by atoms with Gasteiger partial charge in [0.1, 0.15) is 5.75 Å². The molecule has 12 heavy (non-hydrogen) atoms. The number of aldehydes is 1. The van der Waals surface area contributed by atoms with Crippen molar-refractivity contribution in [3.8, 4) is 5.75 Å². The number of aromatic hydroxyl groups is 1. The molecule has 0 bridgehead atoms. The summed E-state index contributed by atoms with van der Waals surface area (Å²) in [6.07, 6.45) is 0.509. The Hall–Kier alpha value is -1.34. The molecule has 60 valence electrons. The SMILES string of the molecule is [C-]#[N+]c1cc(Br)c(O)c(C=O)c1. The van der Waals surface area contributed by atoms with Gasteiger partial charge in [-0.25, -0.2) is 4.85 Å². The lowest BCUT2D eigenvalue weighted by atomic mass is 10.2. The molecule has 4 heteroatoms. The highest BCUT2D eigenvalue weighted by molar-refractivity contribution is 9.10. The van der Waals surface area contributed by atoms with Gasteiger partial charge < -0.3 is 5.11 Å². The Balaban J connectivity index is 3.41. The maximum Gasteiger partial charge on any atom is 0.189 e. The first-order valence-electron chi connectivity index (χ1n) is 3.04. The van der Waals surface area contributed by atoms with Crippen molar-refractivity contribution in [2.24, 2.45) is 0 Å². The minimum absolute atomic E-state index is 0.121. The minimum atomic E-state index is -0.127. The Morgan fingerprint density at radius 2 is 2.25 bits per heavy atom. The second-order valence-corrected chi connectivity index (χ2v) is 2.95. The molecule has 0 radical (unpaired) electrons. The lowest BCUT2D eigenvalue weighted by Gasteiger charge is -1.99.